The molecule has 0 spiro atoms. The fraction of sp³-hybridized carbons (Fsp3) is 0.526. The molecule has 2 heterocycles. The first kappa shape index (κ1) is 20.8. The van der Waals surface area contributed by atoms with Crippen LogP contribution in [0.5, 0.6) is 0 Å². The lowest BCUT2D eigenvalue weighted by Gasteiger charge is -2.32. The van der Waals surface area contributed by atoms with Crippen molar-refractivity contribution in [2.24, 2.45) is 0 Å². The number of carbonyl (C=O) groups excluding carboxylic acids is 1. The maximum atomic E-state index is 12.5. The molecule has 152 valence electrons. The van der Waals surface area contributed by atoms with Crippen LogP contribution >= 0.6 is 15.9 Å². The molecule has 0 N–H and O–H groups in total. The van der Waals surface area contributed by atoms with Crippen molar-refractivity contribution in [1.82, 2.24) is 24.1 Å². The van der Waals surface area contributed by atoms with Crippen LogP contribution in [0.1, 0.15) is 18.1 Å². The predicted octanol–water partition coefficient (Wildman–Crippen LogP) is 1.17. The van der Waals surface area contributed by atoms with Gasteiger partial charge in [0.15, 0.2) is 0 Å². The zero-order valence-corrected chi connectivity index (χ0v) is 17.9. The summed E-state index contributed by atoms with van der Waals surface area (Å²) < 4.78 is 7.83. The second-order valence-electron chi connectivity index (χ2n) is 7.00. The topological polar surface area (TPSA) is 72.6 Å². The number of aromatic nitrogens is 3. The molecule has 9 heteroatoms. The van der Waals surface area contributed by atoms with Crippen LogP contribution < -0.4 is 5.69 Å². The first-order chi connectivity index (χ1) is 13.5. The smallest absolute Gasteiger partial charge is 0.347 e. The Bertz CT molecular complexity index is 853. The Balaban J connectivity index is 1.62. The van der Waals surface area contributed by atoms with Crippen LogP contribution in [0.25, 0.3) is 0 Å². The molecule has 0 aliphatic carbocycles. The van der Waals surface area contributed by atoms with Crippen molar-refractivity contribution >= 4 is 21.9 Å². The monoisotopic (exact) mass is 451 g/mol. The Labute approximate surface area is 172 Å². The number of ether oxygens (including phenoxy) is 1. The molecule has 1 fully saturated rings. The van der Waals surface area contributed by atoms with E-state index in [0.717, 1.165) is 38.3 Å². The number of halogens is 1. The number of hydrogen-bond donors (Lipinski definition) is 0. The highest BCUT2D eigenvalue weighted by Gasteiger charge is 2.16. The van der Waals surface area contributed by atoms with E-state index in [1.165, 1.54) is 14.8 Å². The number of nitrogens with zero attached hydrogens (tertiary/aromatic N) is 5. The normalized spacial score (nSPS) is 15.7. The molecule has 28 heavy (non-hydrogen) atoms. The molecule has 0 atom stereocenters. The molecule has 0 radical (unpaired) electrons. The molecule has 2 aromatic rings. The molecule has 1 aromatic carbocycles. The molecule has 0 saturated carbocycles. The van der Waals surface area contributed by atoms with Gasteiger partial charge >= 0.3 is 11.7 Å². The lowest BCUT2D eigenvalue weighted by atomic mass is 10.1. The van der Waals surface area contributed by atoms with Gasteiger partial charge < -0.3 is 9.64 Å². The van der Waals surface area contributed by atoms with Gasteiger partial charge in [-0.25, -0.2) is 9.48 Å². The Morgan fingerprint density at radius 2 is 1.71 bits per heavy atom. The Kier molecular flexibility index (Phi) is 7.03. The molecule has 1 saturated heterocycles. The first-order valence-corrected chi connectivity index (χ1v) is 10.2. The van der Waals surface area contributed by atoms with Crippen molar-refractivity contribution in [2.75, 3.05) is 39.8 Å². The van der Waals surface area contributed by atoms with Crippen molar-refractivity contribution in [1.29, 1.82) is 0 Å². The predicted molar refractivity (Wildman–Crippen MR) is 109 cm³/mol. The lowest BCUT2D eigenvalue weighted by Crippen LogP contribution is -2.43. The average molecular weight is 452 g/mol. The van der Waals surface area contributed by atoms with E-state index >= 15 is 0 Å². The van der Waals surface area contributed by atoms with Crippen molar-refractivity contribution in [2.45, 2.75) is 26.6 Å². The second kappa shape index (κ2) is 9.49. The van der Waals surface area contributed by atoms with Crippen LogP contribution in [0.15, 0.2) is 33.8 Å². The van der Waals surface area contributed by atoms with Crippen LogP contribution in [0.3, 0.4) is 0 Å². The van der Waals surface area contributed by atoms with Crippen molar-refractivity contribution < 1.29 is 9.53 Å². The SMILES string of the molecule is CCOC(=O)Cn1c(Br)nn(Cc2ccc(CN3CCN(C)CC3)cc2)c1=O. The maximum absolute atomic E-state index is 12.5. The highest BCUT2D eigenvalue weighted by molar-refractivity contribution is 9.10. The second-order valence-corrected chi connectivity index (χ2v) is 7.71. The summed E-state index contributed by atoms with van der Waals surface area (Å²) in [6, 6.07) is 8.25. The Hall–Kier alpha value is -1.97. The summed E-state index contributed by atoms with van der Waals surface area (Å²) in [6.07, 6.45) is 0. The number of hydrogen-bond acceptors (Lipinski definition) is 6. The van der Waals surface area contributed by atoms with E-state index in [9.17, 15) is 9.59 Å². The standard InChI is InChI=1S/C19H26BrN5O3/c1-3-28-17(26)14-24-18(20)21-25(19(24)27)13-16-6-4-15(5-7-16)12-23-10-8-22(2)9-11-23/h4-7H,3,8-14H2,1-2H3. The highest BCUT2D eigenvalue weighted by Crippen LogP contribution is 2.11. The summed E-state index contributed by atoms with van der Waals surface area (Å²) in [5, 5.41) is 4.20. The molecule has 0 unspecified atom stereocenters. The van der Waals surface area contributed by atoms with Crippen LogP contribution in [0, 0.1) is 0 Å². The van der Waals surface area contributed by atoms with Gasteiger partial charge in [-0.3, -0.25) is 14.3 Å². The Morgan fingerprint density at radius 1 is 1.11 bits per heavy atom. The third-order valence-electron chi connectivity index (χ3n) is 4.83. The number of piperazine rings is 1. The summed E-state index contributed by atoms with van der Waals surface area (Å²) in [6.45, 7) is 7.51. The third-order valence-corrected chi connectivity index (χ3v) is 5.41. The van der Waals surface area contributed by atoms with Gasteiger partial charge in [-0.15, -0.1) is 5.10 Å². The molecule has 3 rings (SSSR count). The van der Waals surface area contributed by atoms with Gasteiger partial charge in [-0.1, -0.05) is 24.3 Å². The Morgan fingerprint density at radius 3 is 2.32 bits per heavy atom. The van der Waals surface area contributed by atoms with E-state index in [-0.39, 0.29) is 18.8 Å². The van der Waals surface area contributed by atoms with Crippen molar-refractivity contribution in [3.8, 4) is 0 Å². The molecule has 1 aromatic heterocycles. The molecular formula is C19H26BrN5O3. The maximum Gasteiger partial charge on any atom is 0.347 e. The van der Waals surface area contributed by atoms with Crippen LogP contribution in [-0.2, 0) is 29.2 Å². The minimum atomic E-state index is -0.460. The zero-order valence-electron chi connectivity index (χ0n) is 16.3. The number of likely N-dealkylation sites (N-methyl/N-ethyl adjacent to an activating group) is 1. The summed E-state index contributed by atoms with van der Waals surface area (Å²) in [5.41, 5.74) is 1.90. The first-order valence-electron chi connectivity index (χ1n) is 9.43. The van der Waals surface area contributed by atoms with Crippen molar-refractivity contribution in [3.05, 3.63) is 50.6 Å². The van der Waals surface area contributed by atoms with Crippen LogP contribution in [-0.4, -0.2) is 70.0 Å². The van der Waals surface area contributed by atoms with E-state index in [1.807, 2.05) is 12.1 Å². The minimum Gasteiger partial charge on any atom is -0.465 e. The summed E-state index contributed by atoms with van der Waals surface area (Å²) >= 11 is 3.25. The van der Waals surface area contributed by atoms with E-state index in [2.05, 4.69) is 50.0 Å². The van der Waals surface area contributed by atoms with E-state index in [1.54, 1.807) is 6.92 Å². The summed E-state index contributed by atoms with van der Waals surface area (Å²) in [4.78, 5) is 29.0. The minimum absolute atomic E-state index is 0.156. The van der Waals surface area contributed by atoms with Gasteiger partial charge in [-0.05, 0) is 41.0 Å². The number of carbonyl (C=O) groups is 1. The van der Waals surface area contributed by atoms with E-state index in [4.69, 9.17) is 4.74 Å². The zero-order chi connectivity index (χ0) is 20.1. The molecule has 0 amide bonds. The molecule has 0 bridgehead atoms. The highest BCUT2D eigenvalue weighted by atomic mass is 79.9. The van der Waals surface area contributed by atoms with E-state index in [0.29, 0.717) is 11.3 Å². The van der Waals surface area contributed by atoms with Gasteiger partial charge in [-0.2, -0.15) is 0 Å². The number of esters is 1. The average Bonchev–Trinajstić information content (AvgIpc) is 2.93. The quantitative estimate of drug-likeness (QED) is 0.588. The van der Waals surface area contributed by atoms with Crippen LogP contribution in [0.2, 0.25) is 0 Å². The van der Waals surface area contributed by atoms with Gasteiger partial charge in [0.05, 0.1) is 13.2 Å². The van der Waals surface area contributed by atoms with Gasteiger partial charge in [0, 0.05) is 32.7 Å². The summed E-state index contributed by atoms with van der Waals surface area (Å²) in [5.74, 6) is -0.460. The fourth-order valence-electron chi connectivity index (χ4n) is 3.17. The number of benzene rings is 1. The molecule has 1 aliphatic heterocycles. The molecule has 8 nitrogen and oxygen atoms in total. The largest absolute Gasteiger partial charge is 0.465 e. The number of rotatable bonds is 7. The van der Waals surface area contributed by atoms with Crippen LogP contribution in [0.4, 0.5) is 0 Å². The molecular weight excluding hydrogens is 426 g/mol. The lowest BCUT2D eigenvalue weighted by molar-refractivity contribution is -0.143. The summed E-state index contributed by atoms with van der Waals surface area (Å²) in [7, 11) is 2.15. The van der Waals surface area contributed by atoms with Crippen molar-refractivity contribution in [3.63, 3.8) is 0 Å². The molecule has 1 aliphatic rings. The van der Waals surface area contributed by atoms with E-state index < -0.39 is 5.97 Å². The fourth-order valence-corrected chi connectivity index (χ4v) is 3.64. The van der Waals surface area contributed by atoms with Gasteiger partial charge in [0.25, 0.3) is 0 Å². The van der Waals surface area contributed by atoms with Gasteiger partial charge in [0.2, 0.25) is 4.73 Å². The van der Waals surface area contributed by atoms with Gasteiger partial charge in [0.1, 0.15) is 6.54 Å². The third kappa shape index (κ3) is 5.30.